The van der Waals surface area contributed by atoms with Crippen LogP contribution in [0, 0.1) is 0 Å². The number of carbonyl (C=O) groups is 2. The average molecular weight is 529 g/mol. The zero-order valence-corrected chi connectivity index (χ0v) is 21.4. The van der Waals surface area contributed by atoms with Gasteiger partial charge in [-0.15, -0.1) is 0 Å². The third kappa shape index (κ3) is 6.61. The van der Waals surface area contributed by atoms with Crippen LogP contribution in [0.25, 0.3) is 0 Å². The number of nitrogens with zero attached hydrogens (tertiary/aromatic N) is 2. The largest absolute Gasteiger partial charge is 0.495 e. The lowest BCUT2D eigenvalue weighted by atomic mass is 10.1. The van der Waals surface area contributed by atoms with Crippen LogP contribution in [-0.4, -0.2) is 39.6 Å². The monoisotopic (exact) mass is 528 g/mol. The number of hydrogen-bond acceptors (Lipinski definition) is 6. The average Bonchev–Trinajstić information content (AvgIpc) is 2.86. The Kier molecular flexibility index (Phi) is 8.68. The molecule has 0 aliphatic rings. The normalized spacial score (nSPS) is 11.5. The smallest absolute Gasteiger partial charge is 0.264 e. The molecule has 2 N–H and O–H groups in total. The zero-order valence-electron chi connectivity index (χ0n) is 19.9. The van der Waals surface area contributed by atoms with Crippen molar-refractivity contribution in [1.29, 1.82) is 0 Å². The summed E-state index contributed by atoms with van der Waals surface area (Å²) in [6.07, 6.45) is 0. The van der Waals surface area contributed by atoms with Crippen molar-refractivity contribution in [1.82, 2.24) is 5.43 Å². The van der Waals surface area contributed by atoms with Crippen LogP contribution in [0.5, 0.6) is 5.75 Å². The molecular formula is C25H25ClN4O5S. The Morgan fingerprint density at radius 3 is 2.25 bits per heavy atom. The van der Waals surface area contributed by atoms with Gasteiger partial charge in [0, 0.05) is 12.6 Å². The molecule has 11 heteroatoms. The molecule has 0 bridgehead atoms. The highest BCUT2D eigenvalue weighted by molar-refractivity contribution is 7.92. The quantitative estimate of drug-likeness (QED) is 0.321. The summed E-state index contributed by atoms with van der Waals surface area (Å²) in [5.41, 5.74) is 4.42. The summed E-state index contributed by atoms with van der Waals surface area (Å²) in [6, 6.07) is 19.1. The van der Waals surface area contributed by atoms with E-state index in [1.54, 1.807) is 49.4 Å². The lowest BCUT2D eigenvalue weighted by Crippen LogP contribution is -2.39. The van der Waals surface area contributed by atoms with E-state index in [2.05, 4.69) is 15.8 Å². The number of methoxy groups -OCH3 is 1. The van der Waals surface area contributed by atoms with Gasteiger partial charge in [-0.1, -0.05) is 41.9 Å². The topological polar surface area (TPSA) is 117 Å². The Morgan fingerprint density at radius 2 is 1.67 bits per heavy atom. The molecule has 0 saturated carbocycles. The van der Waals surface area contributed by atoms with E-state index in [9.17, 15) is 18.0 Å². The van der Waals surface area contributed by atoms with Crippen LogP contribution in [0.4, 0.5) is 11.4 Å². The summed E-state index contributed by atoms with van der Waals surface area (Å²) in [4.78, 5) is 24.0. The molecule has 0 atom stereocenters. The van der Waals surface area contributed by atoms with Gasteiger partial charge in [-0.3, -0.25) is 13.9 Å². The molecule has 0 fully saturated rings. The predicted octanol–water partition coefficient (Wildman–Crippen LogP) is 4.04. The second kappa shape index (κ2) is 11.7. The van der Waals surface area contributed by atoms with Crippen LogP contribution in [0.1, 0.15) is 19.4 Å². The second-order valence-electron chi connectivity index (χ2n) is 7.63. The van der Waals surface area contributed by atoms with E-state index in [0.717, 1.165) is 4.31 Å². The van der Waals surface area contributed by atoms with Crippen molar-refractivity contribution in [3.63, 3.8) is 0 Å². The van der Waals surface area contributed by atoms with Crippen molar-refractivity contribution in [3.05, 3.63) is 83.4 Å². The van der Waals surface area contributed by atoms with E-state index in [-0.39, 0.29) is 21.5 Å². The van der Waals surface area contributed by atoms with Gasteiger partial charge in [0.15, 0.2) is 0 Å². The SMILES string of the molecule is COc1ccc(N(CC(=O)N/N=C(/C)c2ccc(NC(C)=O)cc2)S(=O)(=O)c2ccccc2)cc1Cl. The van der Waals surface area contributed by atoms with E-state index in [0.29, 0.717) is 22.7 Å². The van der Waals surface area contributed by atoms with Gasteiger partial charge in [0.25, 0.3) is 15.9 Å². The van der Waals surface area contributed by atoms with Crippen LogP contribution >= 0.6 is 11.6 Å². The Hall–Kier alpha value is -3.89. The van der Waals surface area contributed by atoms with Crippen LogP contribution < -0.4 is 19.8 Å². The van der Waals surface area contributed by atoms with Gasteiger partial charge < -0.3 is 10.1 Å². The van der Waals surface area contributed by atoms with Gasteiger partial charge in [-0.25, -0.2) is 13.8 Å². The molecule has 3 aromatic rings. The van der Waals surface area contributed by atoms with Crippen molar-refractivity contribution in [3.8, 4) is 5.75 Å². The molecule has 0 aromatic heterocycles. The van der Waals surface area contributed by atoms with Crippen molar-refractivity contribution >= 4 is 50.5 Å². The first-order valence-electron chi connectivity index (χ1n) is 10.7. The first-order chi connectivity index (χ1) is 17.1. The Labute approximate surface area is 214 Å². The number of anilines is 2. The number of hydrazone groups is 1. The molecular weight excluding hydrogens is 504 g/mol. The molecule has 0 aliphatic heterocycles. The molecule has 188 valence electrons. The highest BCUT2D eigenvalue weighted by atomic mass is 35.5. The van der Waals surface area contributed by atoms with Gasteiger partial charge in [0.1, 0.15) is 12.3 Å². The molecule has 0 aliphatic carbocycles. The number of sulfonamides is 1. The van der Waals surface area contributed by atoms with Gasteiger partial charge in [0.05, 0.1) is 28.4 Å². The number of nitrogens with one attached hydrogen (secondary N) is 2. The molecule has 0 spiro atoms. The number of ether oxygens (including phenoxy) is 1. The van der Waals surface area contributed by atoms with Crippen LogP contribution in [0.3, 0.4) is 0 Å². The first kappa shape index (κ1) is 26.7. The summed E-state index contributed by atoms with van der Waals surface area (Å²) < 4.78 is 32.9. The van der Waals surface area contributed by atoms with Crippen LogP contribution in [-0.2, 0) is 19.6 Å². The summed E-state index contributed by atoms with van der Waals surface area (Å²) in [5, 5.41) is 6.96. The standard InChI is InChI=1S/C25H25ClN4O5S/c1-17(19-9-11-20(12-10-19)27-18(2)31)28-29-25(32)16-30(21-13-14-24(35-3)23(26)15-21)36(33,34)22-7-5-4-6-8-22/h4-15H,16H2,1-3H3,(H,27,31)(H,29,32)/b28-17-. The Bertz CT molecular complexity index is 1380. The lowest BCUT2D eigenvalue weighted by molar-refractivity contribution is -0.119. The molecule has 3 aromatic carbocycles. The first-order valence-corrected chi connectivity index (χ1v) is 12.6. The third-order valence-electron chi connectivity index (χ3n) is 5.01. The summed E-state index contributed by atoms with van der Waals surface area (Å²) in [6.45, 7) is 2.56. The number of halogens is 1. The highest BCUT2D eigenvalue weighted by Crippen LogP contribution is 2.31. The van der Waals surface area contributed by atoms with Crippen LogP contribution in [0.15, 0.2) is 82.8 Å². The van der Waals surface area contributed by atoms with E-state index in [1.807, 2.05) is 0 Å². The fourth-order valence-corrected chi connectivity index (χ4v) is 4.91. The van der Waals surface area contributed by atoms with E-state index < -0.39 is 22.5 Å². The van der Waals surface area contributed by atoms with E-state index in [4.69, 9.17) is 16.3 Å². The fourth-order valence-electron chi connectivity index (χ4n) is 3.22. The van der Waals surface area contributed by atoms with Crippen molar-refractivity contribution in [2.75, 3.05) is 23.3 Å². The highest BCUT2D eigenvalue weighted by Gasteiger charge is 2.27. The summed E-state index contributed by atoms with van der Waals surface area (Å²) >= 11 is 6.22. The maximum absolute atomic E-state index is 13.4. The minimum Gasteiger partial charge on any atom is -0.495 e. The number of benzene rings is 3. The minimum absolute atomic E-state index is 0.0173. The molecule has 0 radical (unpaired) electrons. The second-order valence-corrected chi connectivity index (χ2v) is 9.90. The van der Waals surface area contributed by atoms with Gasteiger partial charge >= 0.3 is 0 Å². The molecule has 0 saturated heterocycles. The van der Waals surface area contributed by atoms with Crippen molar-refractivity contribution in [2.45, 2.75) is 18.7 Å². The molecule has 2 amide bonds. The number of amides is 2. The van der Waals surface area contributed by atoms with Crippen molar-refractivity contribution in [2.24, 2.45) is 5.10 Å². The number of rotatable bonds is 9. The Morgan fingerprint density at radius 1 is 1.00 bits per heavy atom. The fraction of sp³-hybridized carbons (Fsp3) is 0.160. The molecule has 9 nitrogen and oxygen atoms in total. The molecule has 0 unspecified atom stereocenters. The summed E-state index contributed by atoms with van der Waals surface area (Å²) in [5.74, 6) is -0.476. The molecule has 0 heterocycles. The van der Waals surface area contributed by atoms with Crippen LogP contribution in [0.2, 0.25) is 5.02 Å². The summed E-state index contributed by atoms with van der Waals surface area (Å²) in [7, 11) is -2.66. The Balaban J connectivity index is 1.84. The van der Waals surface area contributed by atoms with Gasteiger partial charge in [0.2, 0.25) is 5.91 Å². The van der Waals surface area contributed by atoms with E-state index >= 15 is 0 Å². The maximum Gasteiger partial charge on any atom is 0.264 e. The molecule has 36 heavy (non-hydrogen) atoms. The lowest BCUT2D eigenvalue weighted by Gasteiger charge is -2.24. The minimum atomic E-state index is -4.10. The van der Waals surface area contributed by atoms with E-state index in [1.165, 1.54) is 44.4 Å². The number of hydrogen-bond donors (Lipinski definition) is 2. The molecule has 3 rings (SSSR count). The predicted molar refractivity (Wildman–Crippen MR) is 140 cm³/mol. The maximum atomic E-state index is 13.4. The van der Waals surface area contributed by atoms with Gasteiger partial charge in [-0.05, 0) is 55.0 Å². The third-order valence-corrected chi connectivity index (χ3v) is 7.10. The van der Waals surface area contributed by atoms with Crippen molar-refractivity contribution < 1.29 is 22.7 Å². The number of carbonyl (C=O) groups excluding carboxylic acids is 2. The zero-order chi connectivity index (χ0) is 26.3. The van der Waals surface area contributed by atoms with Gasteiger partial charge in [-0.2, -0.15) is 5.10 Å².